The molecule has 0 fully saturated rings. The van der Waals surface area contributed by atoms with Gasteiger partial charge in [0.15, 0.2) is 5.16 Å². The van der Waals surface area contributed by atoms with Crippen molar-refractivity contribution in [2.75, 3.05) is 0 Å². The summed E-state index contributed by atoms with van der Waals surface area (Å²) in [6.45, 7) is 1.81. The van der Waals surface area contributed by atoms with Crippen molar-refractivity contribution in [1.29, 1.82) is 0 Å². The number of rotatable bonds is 3. The molecular formula is C12H12N2O2S. The summed E-state index contributed by atoms with van der Waals surface area (Å²) < 4.78 is 0. The second-order valence-electron chi connectivity index (χ2n) is 3.61. The molecule has 1 aromatic carbocycles. The van der Waals surface area contributed by atoms with Crippen molar-refractivity contribution >= 4 is 11.8 Å². The molecular weight excluding hydrogens is 236 g/mol. The summed E-state index contributed by atoms with van der Waals surface area (Å²) in [7, 11) is 0. The first kappa shape index (κ1) is 11.7. The molecule has 5 heteroatoms. The fourth-order valence-corrected chi connectivity index (χ4v) is 2.18. The Morgan fingerprint density at radius 1 is 1.12 bits per heavy atom. The molecule has 0 atom stereocenters. The monoisotopic (exact) mass is 248 g/mol. The average molecular weight is 248 g/mol. The SMILES string of the molecule is Cc1cc(O)nc(SCc2ccc(O)cc2)n1. The number of nitrogens with zero attached hydrogens (tertiary/aromatic N) is 2. The van der Waals surface area contributed by atoms with Gasteiger partial charge in [-0.05, 0) is 24.6 Å². The van der Waals surface area contributed by atoms with Gasteiger partial charge < -0.3 is 10.2 Å². The molecule has 1 aromatic heterocycles. The minimum atomic E-state index is -0.00861. The van der Waals surface area contributed by atoms with Crippen LogP contribution in [-0.2, 0) is 5.75 Å². The predicted octanol–water partition coefficient (Wildman–Crippen LogP) is 2.49. The van der Waals surface area contributed by atoms with Gasteiger partial charge in [0, 0.05) is 17.5 Å². The van der Waals surface area contributed by atoms with Crippen molar-refractivity contribution in [1.82, 2.24) is 9.97 Å². The Hall–Kier alpha value is -1.75. The number of phenols is 1. The van der Waals surface area contributed by atoms with Crippen LogP contribution in [0.3, 0.4) is 0 Å². The van der Waals surface area contributed by atoms with Gasteiger partial charge in [0.2, 0.25) is 5.88 Å². The third-order valence-electron chi connectivity index (χ3n) is 2.12. The summed E-state index contributed by atoms with van der Waals surface area (Å²) in [5, 5.41) is 19.0. The number of hydrogen-bond donors (Lipinski definition) is 2. The number of aryl methyl sites for hydroxylation is 1. The van der Waals surface area contributed by atoms with Crippen LogP contribution in [0.15, 0.2) is 35.5 Å². The summed E-state index contributed by atoms with van der Waals surface area (Å²) in [6.07, 6.45) is 0. The molecule has 0 radical (unpaired) electrons. The highest BCUT2D eigenvalue weighted by Gasteiger charge is 2.02. The van der Waals surface area contributed by atoms with E-state index >= 15 is 0 Å². The highest BCUT2D eigenvalue weighted by Crippen LogP contribution is 2.22. The molecule has 0 unspecified atom stereocenters. The van der Waals surface area contributed by atoms with Crippen LogP contribution in [-0.4, -0.2) is 20.2 Å². The summed E-state index contributed by atoms with van der Waals surface area (Å²) in [6, 6.07) is 8.50. The Labute approximate surface area is 103 Å². The number of benzene rings is 1. The second kappa shape index (κ2) is 5.05. The maximum atomic E-state index is 9.33. The van der Waals surface area contributed by atoms with Crippen LogP contribution in [0.4, 0.5) is 0 Å². The fourth-order valence-electron chi connectivity index (χ4n) is 1.33. The average Bonchev–Trinajstić information content (AvgIpc) is 2.27. The molecule has 0 saturated heterocycles. The van der Waals surface area contributed by atoms with Crippen molar-refractivity contribution in [2.45, 2.75) is 17.8 Å². The van der Waals surface area contributed by atoms with E-state index in [-0.39, 0.29) is 11.6 Å². The van der Waals surface area contributed by atoms with E-state index in [1.807, 2.05) is 19.1 Å². The Balaban J connectivity index is 2.04. The molecule has 0 amide bonds. The summed E-state index contributed by atoms with van der Waals surface area (Å²) in [5.74, 6) is 0.942. The van der Waals surface area contributed by atoms with Gasteiger partial charge in [-0.15, -0.1) is 0 Å². The van der Waals surface area contributed by atoms with Gasteiger partial charge in [0.1, 0.15) is 5.75 Å². The summed E-state index contributed by atoms with van der Waals surface area (Å²) >= 11 is 1.44. The molecule has 4 nitrogen and oxygen atoms in total. The molecule has 0 bridgehead atoms. The predicted molar refractivity (Wildman–Crippen MR) is 66.1 cm³/mol. The number of phenolic OH excluding ortho intramolecular Hbond substituents is 1. The van der Waals surface area contributed by atoms with Crippen molar-refractivity contribution in [3.05, 3.63) is 41.6 Å². The molecule has 0 aliphatic rings. The van der Waals surface area contributed by atoms with Gasteiger partial charge in [-0.2, -0.15) is 4.98 Å². The summed E-state index contributed by atoms with van der Waals surface area (Å²) in [4.78, 5) is 8.13. The molecule has 0 spiro atoms. The Kier molecular flexibility index (Phi) is 3.49. The van der Waals surface area contributed by atoms with Crippen LogP contribution in [0.2, 0.25) is 0 Å². The first-order valence-electron chi connectivity index (χ1n) is 5.09. The van der Waals surface area contributed by atoms with Gasteiger partial charge >= 0.3 is 0 Å². The lowest BCUT2D eigenvalue weighted by atomic mass is 10.2. The quantitative estimate of drug-likeness (QED) is 0.645. The number of aromatic nitrogens is 2. The third-order valence-corrected chi connectivity index (χ3v) is 3.04. The van der Waals surface area contributed by atoms with E-state index in [9.17, 15) is 5.11 Å². The fraction of sp³-hybridized carbons (Fsp3) is 0.167. The van der Waals surface area contributed by atoms with Crippen LogP contribution >= 0.6 is 11.8 Å². The molecule has 0 aliphatic carbocycles. The minimum absolute atomic E-state index is 0.00861. The van der Waals surface area contributed by atoms with Crippen LogP contribution in [0.25, 0.3) is 0 Å². The molecule has 88 valence electrons. The number of hydrogen-bond acceptors (Lipinski definition) is 5. The van der Waals surface area contributed by atoms with E-state index in [1.54, 1.807) is 12.1 Å². The van der Waals surface area contributed by atoms with Gasteiger partial charge in [-0.25, -0.2) is 4.98 Å². The van der Waals surface area contributed by atoms with E-state index in [2.05, 4.69) is 9.97 Å². The molecule has 2 rings (SSSR count). The van der Waals surface area contributed by atoms with Crippen LogP contribution in [0, 0.1) is 6.92 Å². The standard InChI is InChI=1S/C12H12N2O2S/c1-8-6-11(16)14-12(13-8)17-7-9-2-4-10(15)5-3-9/h2-6,15H,7H2,1H3,(H,13,14,16). The van der Waals surface area contributed by atoms with E-state index in [1.165, 1.54) is 17.8 Å². The zero-order chi connectivity index (χ0) is 12.3. The highest BCUT2D eigenvalue weighted by atomic mass is 32.2. The van der Waals surface area contributed by atoms with Crippen molar-refractivity contribution in [2.24, 2.45) is 0 Å². The first-order chi connectivity index (χ1) is 8.13. The molecule has 2 N–H and O–H groups in total. The van der Waals surface area contributed by atoms with E-state index in [0.717, 1.165) is 11.3 Å². The normalized spacial score (nSPS) is 10.4. The topological polar surface area (TPSA) is 66.2 Å². The lowest BCUT2D eigenvalue weighted by Crippen LogP contribution is -1.90. The summed E-state index contributed by atoms with van der Waals surface area (Å²) in [5.41, 5.74) is 1.81. The zero-order valence-electron chi connectivity index (χ0n) is 9.29. The van der Waals surface area contributed by atoms with E-state index < -0.39 is 0 Å². The minimum Gasteiger partial charge on any atom is -0.508 e. The van der Waals surface area contributed by atoms with E-state index in [0.29, 0.717) is 10.9 Å². The smallest absolute Gasteiger partial charge is 0.215 e. The van der Waals surface area contributed by atoms with Crippen LogP contribution in [0.5, 0.6) is 11.6 Å². The van der Waals surface area contributed by atoms with Crippen molar-refractivity contribution in [3.63, 3.8) is 0 Å². The van der Waals surface area contributed by atoms with Gasteiger partial charge in [-0.3, -0.25) is 0 Å². The van der Waals surface area contributed by atoms with Gasteiger partial charge in [-0.1, -0.05) is 23.9 Å². The third kappa shape index (κ3) is 3.35. The molecule has 2 aromatic rings. The number of aromatic hydroxyl groups is 2. The van der Waals surface area contributed by atoms with Crippen LogP contribution < -0.4 is 0 Å². The Morgan fingerprint density at radius 3 is 2.47 bits per heavy atom. The van der Waals surface area contributed by atoms with Gasteiger partial charge in [0.25, 0.3) is 0 Å². The molecule has 0 saturated carbocycles. The second-order valence-corrected chi connectivity index (χ2v) is 4.55. The maximum Gasteiger partial charge on any atom is 0.215 e. The highest BCUT2D eigenvalue weighted by molar-refractivity contribution is 7.98. The van der Waals surface area contributed by atoms with E-state index in [4.69, 9.17) is 5.11 Å². The Bertz CT molecular complexity index is 494. The Morgan fingerprint density at radius 2 is 1.82 bits per heavy atom. The largest absolute Gasteiger partial charge is 0.508 e. The lowest BCUT2D eigenvalue weighted by molar-refractivity contribution is 0.444. The number of thioether (sulfide) groups is 1. The van der Waals surface area contributed by atoms with Gasteiger partial charge in [0.05, 0.1) is 0 Å². The van der Waals surface area contributed by atoms with Crippen molar-refractivity contribution < 1.29 is 10.2 Å². The first-order valence-corrected chi connectivity index (χ1v) is 6.07. The lowest BCUT2D eigenvalue weighted by Gasteiger charge is -2.02. The molecule has 0 aliphatic heterocycles. The zero-order valence-corrected chi connectivity index (χ0v) is 10.1. The maximum absolute atomic E-state index is 9.33. The molecule has 17 heavy (non-hydrogen) atoms. The van der Waals surface area contributed by atoms with Crippen LogP contribution in [0.1, 0.15) is 11.3 Å². The van der Waals surface area contributed by atoms with Crippen molar-refractivity contribution in [3.8, 4) is 11.6 Å². The molecule has 1 heterocycles.